The van der Waals surface area contributed by atoms with E-state index in [1.807, 2.05) is 0 Å². The van der Waals surface area contributed by atoms with Crippen molar-refractivity contribution in [3.63, 3.8) is 0 Å². The van der Waals surface area contributed by atoms with Crippen LogP contribution in [0.1, 0.15) is 45.1 Å². The molecule has 10 heteroatoms. The van der Waals surface area contributed by atoms with E-state index in [-0.39, 0.29) is 28.9 Å². The molecule has 2 fully saturated rings. The lowest BCUT2D eigenvalue weighted by atomic mass is 9.85. The highest BCUT2D eigenvalue weighted by atomic mass is 32.2. The average Bonchev–Trinajstić information content (AvgIpc) is 3.75. The molecule has 3 aliphatic rings. The van der Waals surface area contributed by atoms with Crippen molar-refractivity contribution in [1.29, 1.82) is 10.8 Å². The third kappa shape index (κ3) is 6.06. The van der Waals surface area contributed by atoms with Gasteiger partial charge in [-0.15, -0.1) is 0 Å². The van der Waals surface area contributed by atoms with Gasteiger partial charge >= 0.3 is 0 Å². The third-order valence-corrected chi connectivity index (χ3v) is 7.84. The van der Waals surface area contributed by atoms with E-state index in [0.29, 0.717) is 23.1 Å². The number of anilines is 1. The standard InChI is InChI=1S/C27H36FN7OS/c1-14(30)22(15(2)31)17-7-8-21(33-26(17)28)34-27(36)25-23(16-5-6-16)18-13-19(18)24(35-25)20(9-10-29)32-11-4-12-37-3/h7-10,16,18,23,25,29-30,32,35H,4-6,11-13,31H2,1-3H3,(H,33,34,36)/b20-9-,22-15+,29-10?,30-14?/t18?,23?,25-/m0/s1. The fraction of sp³-hybridized carbons (Fsp3) is 0.481. The van der Waals surface area contributed by atoms with Crippen molar-refractivity contribution in [3.05, 3.63) is 52.4 Å². The van der Waals surface area contributed by atoms with Gasteiger partial charge in [-0.25, -0.2) is 4.98 Å². The van der Waals surface area contributed by atoms with Crippen LogP contribution in [0, 0.1) is 34.5 Å². The van der Waals surface area contributed by atoms with E-state index >= 15 is 0 Å². The fourth-order valence-corrected chi connectivity index (χ4v) is 5.77. The fourth-order valence-electron chi connectivity index (χ4n) is 5.34. The summed E-state index contributed by atoms with van der Waals surface area (Å²) < 4.78 is 14.9. The summed E-state index contributed by atoms with van der Waals surface area (Å²) in [5.74, 6) is 1.18. The first kappa shape index (κ1) is 26.9. The SMILES string of the molecule is CSCCCN/C(=C\C=N)C1=C2CC2C(C2CC2)[C@@H](C(=O)Nc2ccc(/C(C(C)=N)=C(\C)N)c(F)n2)N1. The largest absolute Gasteiger partial charge is 0.402 e. The molecule has 1 aromatic heterocycles. The van der Waals surface area contributed by atoms with E-state index in [1.54, 1.807) is 37.8 Å². The van der Waals surface area contributed by atoms with Crippen LogP contribution in [0.5, 0.6) is 0 Å². The number of hydrogen-bond acceptors (Lipinski definition) is 8. The van der Waals surface area contributed by atoms with Gasteiger partial charge in [0.15, 0.2) is 0 Å². The Morgan fingerprint density at radius 3 is 2.70 bits per heavy atom. The number of hydrogen-bond donors (Lipinski definition) is 6. The first-order valence-electron chi connectivity index (χ1n) is 12.7. The van der Waals surface area contributed by atoms with E-state index in [0.717, 1.165) is 49.4 Å². The summed E-state index contributed by atoms with van der Waals surface area (Å²) in [6.07, 6.45) is 9.27. The van der Waals surface area contributed by atoms with Crippen LogP contribution in [0.3, 0.4) is 0 Å². The number of thioether (sulfide) groups is 1. The molecule has 1 aromatic rings. The summed E-state index contributed by atoms with van der Waals surface area (Å²) in [6, 6.07) is 2.57. The molecule has 2 aliphatic carbocycles. The second kappa shape index (κ2) is 11.5. The maximum Gasteiger partial charge on any atom is 0.248 e. The molecule has 37 heavy (non-hydrogen) atoms. The average molecular weight is 526 g/mol. The number of fused-ring (bicyclic) bond motifs is 1. The Morgan fingerprint density at radius 1 is 1.35 bits per heavy atom. The molecule has 7 N–H and O–H groups in total. The van der Waals surface area contributed by atoms with Crippen LogP contribution in [-0.4, -0.2) is 47.4 Å². The number of amides is 1. The van der Waals surface area contributed by atoms with Gasteiger partial charge < -0.3 is 32.5 Å². The Kier molecular flexibility index (Phi) is 8.36. The summed E-state index contributed by atoms with van der Waals surface area (Å²) >= 11 is 1.80. The van der Waals surface area contributed by atoms with Crippen molar-refractivity contribution in [2.45, 2.75) is 45.6 Å². The third-order valence-electron chi connectivity index (χ3n) is 7.15. The molecule has 8 nitrogen and oxygen atoms in total. The summed E-state index contributed by atoms with van der Waals surface area (Å²) in [5.41, 5.74) is 9.86. The first-order chi connectivity index (χ1) is 17.8. The number of nitrogens with zero attached hydrogens (tertiary/aromatic N) is 1. The zero-order chi connectivity index (χ0) is 26.7. The molecule has 0 bridgehead atoms. The van der Waals surface area contributed by atoms with Crippen LogP contribution < -0.4 is 21.7 Å². The number of rotatable bonds is 12. The van der Waals surface area contributed by atoms with Gasteiger partial charge in [0.25, 0.3) is 0 Å². The van der Waals surface area contributed by atoms with Gasteiger partial charge in [0.05, 0.1) is 11.4 Å². The number of carbonyl (C=O) groups is 1. The van der Waals surface area contributed by atoms with Crippen molar-refractivity contribution in [2.24, 2.45) is 23.5 Å². The summed E-state index contributed by atoms with van der Waals surface area (Å²) in [7, 11) is 0. The number of carbonyl (C=O) groups excluding carboxylic acids is 1. The second-order valence-electron chi connectivity index (χ2n) is 9.97. The zero-order valence-corrected chi connectivity index (χ0v) is 22.4. The number of halogens is 1. The maximum absolute atomic E-state index is 14.9. The number of nitrogens with one attached hydrogen (secondary N) is 5. The van der Waals surface area contributed by atoms with Crippen LogP contribution in [0.25, 0.3) is 5.57 Å². The van der Waals surface area contributed by atoms with Crippen LogP contribution in [0.4, 0.5) is 10.2 Å². The van der Waals surface area contributed by atoms with E-state index < -0.39 is 12.0 Å². The van der Waals surface area contributed by atoms with E-state index in [2.05, 4.69) is 27.2 Å². The first-order valence-corrected chi connectivity index (χ1v) is 14.1. The van der Waals surface area contributed by atoms with Crippen molar-refractivity contribution in [1.82, 2.24) is 15.6 Å². The highest BCUT2D eigenvalue weighted by Gasteiger charge is 2.55. The minimum Gasteiger partial charge on any atom is -0.402 e. The molecule has 3 atom stereocenters. The molecular weight excluding hydrogens is 489 g/mol. The Bertz CT molecular complexity index is 1180. The van der Waals surface area contributed by atoms with Crippen LogP contribution in [0.2, 0.25) is 0 Å². The molecule has 0 radical (unpaired) electrons. The van der Waals surface area contributed by atoms with Gasteiger partial charge in [0, 0.05) is 35.3 Å². The van der Waals surface area contributed by atoms with Crippen molar-refractivity contribution >= 4 is 41.0 Å². The number of nitrogens with two attached hydrogens (primary N) is 1. The minimum absolute atomic E-state index is 0.122. The summed E-state index contributed by atoms with van der Waals surface area (Å²) in [6.45, 7) is 3.95. The van der Waals surface area contributed by atoms with E-state index in [9.17, 15) is 9.18 Å². The Labute approximate surface area is 221 Å². The minimum atomic E-state index is -0.782. The summed E-state index contributed by atoms with van der Waals surface area (Å²) in [5, 5.41) is 25.3. The van der Waals surface area contributed by atoms with Gasteiger partial charge in [-0.2, -0.15) is 16.2 Å². The number of aromatic nitrogens is 1. The monoisotopic (exact) mass is 525 g/mol. The Hall–Kier alpha value is -3.14. The quantitative estimate of drug-likeness (QED) is 0.138. The second-order valence-corrected chi connectivity index (χ2v) is 11.0. The lowest BCUT2D eigenvalue weighted by molar-refractivity contribution is -0.119. The van der Waals surface area contributed by atoms with E-state index in [4.69, 9.17) is 16.6 Å². The normalized spacial score (nSPS) is 23.5. The maximum atomic E-state index is 14.9. The van der Waals surface area contributed by atoms with Gasteiger partial charge in [-0.3, -0.25) is 4.79 Å². The topological polar surface area (TPSA) is 140 Å². The molecular formula is C27H36FN7OS. The molecule has 0 spiro atoms. The number of pyridine rings is 1. The lowest BCUT2D eigenvalue weighted by Gasteiger charge is -2.33. The number of allylic oxidation sites excluding steroid dienone is 4. The zero-order valence-electron chi connectivity index (χ0n) is 21.6. The molecule has 1 aliphatic heterocycles. The highest BCUT2D eigenvalue weighted by molar-refractivity contribution is 7.98. The van der Waals surface area contributed by atoms with Gasteiger partial charge in [-0.1, -0.05) is 0 Å². The van der Waals surface area contributed by atoms with Crippen molar-refractivity contribution < 1.29 is 9.18 Å². The highest BCUT2D eigenvalue weighted by Crippen LogP contribution is 2.57. The van der Waals surface area contributed by atoms with Gasteiger partial charge in [0.2, 0.25) is 11.9 Å². The van der Waals surface area contributed by atoms with E-state index in [1.165, 1.54) is 17.9 Å². The molecule has 0 saturated heterocycles. The van der Waals surface area contributed by atoms with Crippen LogP contribution in [-0.2, 0) is 4.79 Å². The smallest absolute Gasteiger partial charge is 0.248 e. The molecule has 2 heterocycles. The predicted molar refractivity (Wildman–Crippen MR) is 149 cm³/mol. The molecule has 198 valence electrons. The van der Waals surface area contributed by atoms with Gasteiger partial charge in [-0.05, 0) is 93.1 Å². The van der Waals surface area contributed by atoms with Crippen LogP contribution in [0.15, 0.2) is 40.9 Å². The molecule has 0 aromatic carbocycles. The van der Waals surface area contributed by atoms with Crippen molar-refractivity contribution in [2.75, 3.05) is 23.9 Å². The molecule has 2 unspecified atom stereocenters. The summed E-state index contributed by atoms with van der Waals surface area (Å²) in [4.78, 5) is 17.5. The predicted octanol–water partition coefficient (Wildman–Crippen LogP) is 4.04. The Morgan fingerprint density at radius 2 is 2.11 bits per heavy atom. The van der Waals surface area contributed by atoms with Crippen molar-refractivity contribution in [3.8, 4) is 0 Å². The molecule has 2 saturated carbocycles. The van der Waals surface area contributed by atoms with Gasteiger partial charge in [0.1, 0.15) is 11.9 Å². The Balaban J connectivity index is 1.54. The molecule has 1 amide bonds. The molecule has 4 rings (SSSR count). The lowest BCUT2D eigenvalue weighted by Crippen LogP contribution is -2.50. The van der Waals surface area contributed by atoms with Crippen LogP contribution >= 0.6 is 11.8 Å².